The molecule has 108 valence electrons. The number of pyridine rings is 1. The highest BCUT2D eigenvalue weighted by atomic mass is 19.1. The lowest BCUT2D eigenvalue weighted by atomic mass is 10.1. The number of aromatic nitrogens is 1. The monoisotopic (exact) mass is 290 g/mol. The number of nitro groups is 1. The third kappa shape index (κ3) is 3.11. The SMILES string of the molecule is Nc1c([N+](=O)[O-])ccc(F)c1C(=O)NCc1ccncc1. The highest BCUT2D eigenvalue weighted by Crippen LogP contribution is 2.27. The summed E-state index contributed by atoms with van der Waals surface area (Å²) in [5.74, 6) is -1.73. The van der Waals surface area contributed by atoms with E-state index in [1.165, 1.54) is 0 Å². The molecule has 0 saturated carbocycles. The second kappa shape index (κ2) is 5.95. The van der Waals surface area contributed by atoms with E-state index in [-0.39, 0.29) is 6.54 Å². The van der Waals surface area contributed by atoms with Gasteiger partial charge in [-0.2, -0.15) is 0 Å². The van der Waals surface area contributed by atoms with Gasteiger partial charge >= 0.3 is 0 Å². The molecule has 1 aromatic carbocycles. The van der Waals surface area contributed by atoms with Crippen LogP contribution >= 0.6 is 0 Å². The fourth-order valence-electron chi connectivity index (χ4n) is 1.74. The first-order chi connectivity index (χ1) is 10.0. The Labute approximate surface area is 118 Å². The number of nitro benzene ring substituents is 1. The minimum atomic E-state index is -0.912. The molecule has 0 aliphatic carbocycles. The normalized spacial score (nSPS) is 10.1. The summed E-state index contributed by atoms with van der Waals surface area (Å²) in [7, 11) is 0. The molecule has 1 amide bonds. The van der Waals surface area contributed by atoms with Crippen LogP contribution in [0.3, 0.4) is 0 Å². The lowest BCUT2D eigenvalue weighted by molar-refractivity contribution is -0.384. The van der Waals surface area contributed by atoms with Gasteiger partial charge in [0.2, 0.25) is 0 Å². The Bertz CT molecular complexity index is 691. The molecule has 0 aliphatic heterocycles. The molecule has 21 heavy (non-hydrogen) atoms. The molecule has 0 aliphatic rings. The number of carbonyl (C=O) groups is 1. The van der Waals surface area contributed by atoms with E-state index in [1.54, 1.807) is 24.5 Å². The molecule has 1 heterocycles. The summed E-state index contributed by atoms with van der Waals surface area (Å²) < 4.78 is 13.7. The molecule has 0 atom stereocenters. The third-order valence-corrected chi connectivity index (χ3v) is 2.80. The van der Waals surface area contributed by atoms with E-state index in [9.17, 15) is 19.3 Å². The zero-order chi connectivity index (χ0) is 15.4. The number of rotatable bonds is 4. The first kappa shape index (κ1) is 14.4. The molecule has 3 N–H and O–H groups in total. The number of nitrogens with one attached hydrogen (secondary N) is 1. The number of hydrogen-bond donors (Lipinski definition) is 2. The lowest BCUT2D eigenvalue weighted by Gasteiger charge is -2.08. The average molecular weight is 290 g/mol. The van der Waals surface area contributed by atoms with Crippen molar-refractivity contribution >= 4 is 17.3 Å². The lowest BCUT2D eigenvalue weighted by Crippen LogP contribution is -2.25. The standard InChI is InChI=1S/C13H11FN4O3/c14-9-1-2-10(18(20)21)12(15)11(9)13(19)17-7-8-3-5-16-6-4-8/h1-6H,7,15H2,(H,17,19). The number of hydrogen-bond acceptors (Lipinski definition) is 5. The fourth-order valence-corrected chi connectivity index (χ4v) is 1.74. The van der Waals surface area contributed by atoms with Gasteiger partial charge in [-0.3, -0.25) is 19.9 Å². The predicted octanol–water partition coefficient (Wildman–Crippen LogP) is 1.64. The molecule has 0 fully saturated rings. The van der Waals surface area contributed by atoms with Crippen molar-refractivity contribution in [2.75, 3.05) is 5.73 Å². The molecule has 2 rings (SSSR count). The Kier molecular flexibility index (Phi) is 4.07. The molecular weight excluding hydrogens is 279 g/mol. The van der Waals surface area contributed by atoms with Gasteiger partial charge in [-0.15, -0.1) is 0 Å². The maximum absolute atomic E-state index is 13.7. The molecule has 1 aromatic heterocycles. The zero-order valence-corrected chi connectivity index (χ0v) is 10.7. The largest absolute Gasteiger partial charge is 0.392 e. The van der Waals surface area contributed by atoms with Crippen molar-refractivity contribution in [1.82, 2.24) is 10.3 Å². The number of amides is 1. The van der Waals surface area contributed by atoms with E-state index < -0.39 is 33.6 Å². The second-order valence-electron chi connectivity index (χ2n) is 4.15. The van der Waals surface area contributed by atoms with Gasteiger partial charge in [0.1, 0.15) is 17.1 Å². The van der Waals surface area contributed by atoms with E-state index in [0.717, 1.165) is 17.7 Å². The van der Waals surface area contributed by atoms with Crippen molar-refractivity contribution in [3.05, 3.63) is 63.7 Å². The first-order valence-electron chi connectivity index (χ1n) is 5.90. The van der Waals surface area contributed by atoms with E-state index in [1.807, 2.05) is 0 Å². The highest BCUT2D eigenvalue weighted by Gasteiger charge is 2.23. The van der Waals surface area contributed by atoms with Crippen LogP contribution < -0.4 is 11.1 Å². The second-order valence-corrected chi connectivity index (χ2v) is 4.15. The van der Waals surface area contributed by atoms with Crippen LogP contribution in [0, 0.1) is 15.9 Å². The summed E-state index contributed by atoms with van der Waals surface area (Å²) >= 11 is 0. The predicted molar refractivity (Wildman–Crippen MR) is 72.9 cm³/mol. The van der Waals surface area contributed by atoms with Crippen molar-refractivity contribution in [1.29, 1.82) is 0 Å². The average Bonchev–Trinajstić information content (AvgIpc) is 2.46. The summed E-state index contributed by atoms with van der Waals surface area (Å²) in [6.07, 6.45) is 3.09. The quantitative estimate of drug-likeness (QED) is 0.505. The van der Waals surface area contributed by atoms with Crippen LogP contribution in [-0.2, 0) is 6.54 Å². The number of carbonyl (C=O) groups excluding carboxylic acids is 1. The van der Waals surface area contributed by atoms with Gasteiger partial charge in [0.15, 0.2) is 0 Å². The van der Waals surface area contributed by atoms with Gasteiger partial charge in [0, 0.05) is 25.0 Å². The number of anilines is 1. The van der Waals surface area contributed by atoms with Gasteiger partial charge in [-0.1, -0.05) is 0 Å². The maximum Gasteiger partial charge on any atom is 0.293 e. The summed E-state index contributed by atoms with van der Waals surface area (Å²) in [6.45, 7) is 0.128. The Balaban J connectivity index is 2.23. The summed E-state index contributed by atoms with van der Waals surface area (Å²) in [6, 6.07) is 5.11. The van der Waals surface area contributed by atoms with Crippen LogP contribution in [-0.4, -0.2) is 15.8 Å². The van der Waals surface area contributed by atoms with E-state index in [0.29, 0.717) is 0 Å². The molecule has 0 saturated heterocycles. The van der Waals surface area contributed by atoms with E-state index >= 15 is 0 Å². The fraction of sp³-hybridized carbons (Fsp3) is 0.0769. The van der Waals surface area contributed by atoms with Gasteiger partial charge in [-0.25, -0.2) is 4.39 Å². The Morgan fingerprint density at radius 2 is 2.00 bits per heavy atom. The van der Waals surface area contributed by atoms with Crippen molar-refractivity contribution in [3.8, 4) is 0 Å². The summed E-state index contributed by atoms with van der Waals surface area (Å²) in [5.41, 5.74) is 4.72. The molecule has 2 aromatic rings. The van der Waals surface area contributed by atoms with E-state index in [2.05, 4.69) is 10.3 Å². The number of nitrogens with two attached hydrogens (primary N) is 1. The number of benzene rings is 1. The van der Waals surface area contributed by atoms with Crippen molar-refractivity contribution in [2.24, 2.45) is 0 Å². The highest BCUT2D eigenvalue weighted by molar-refractivity contribution is 6.01. The molecular formula is C13H11FN4O3. The topological polar surface area (TPSA) is 111 Å². The number of nitrogens with zero attached hydrogens (tertiary/aromatic N) is 2. The van der Waals surface area contributed by atoms with Crippen LogP contribution in [0.5, 0.6) is 0 Å². The Morgan fingerprint density at radius 3 is 2.62 bits per heavy atom. The molecule has 0 bridgehead atoms. The van der Waals surface area contributed by atoms with Gasteiger partial charge < -0.3 is 11.1 Å². The first-order valence-corrected chi connectivity index (χ1v) is 5.90. The summed E-state index contributed by atoms with van der Waals surface area (Å²) in [5, 5.41) is 13.2. The smallest absolute Gasteiger partial charge is 0.293 e. The molecule has 0 spiro atoms. The van der Waals surface area contributed by atoms with E-state index in [4.69, 9.17) is 5.73 Å². The molecule has 7 nitrogen and oxygen atoms in total. The number of nitrogen functional groups attached to an aromatic ring is 1. The van der Waals surface area contributed by atoms with Gasteiger partial charge in [0.25, 0.3) is 11.6 Å². The third-order valence-electron chi connectivity index (χ3n) is 2.80. The molecule has 0 radical (unpaired) electrons. The van der Waals surface area contributed by atoms with Crippen LogP contribution in [0.25, 0.3) is 0 Å². The van der Waals surface area contributed by atoms with Crippen molar-refractivity contribution in [3.63, 3.8) is 0 Å². The van der Waals surface area contributed by atoms with Crippen LogP contribution in [0.1, 0.15) is 15.9 Å². The van der Waals surface area contributed by atoms with Gasteiger partial charge in [-0.05, 0) is 23.8 Å². The minimum absolute atomic E-state index is 0.128. The van der Waals surface area contributed by atoms with Crippen LogP contribution in [0.4, 0.5) is 15.8 Å². The van der Waals surface area contributed by atoms with Gasteiger partial charge in [0.05, 0.1) is 4.92 Å². The minimum Gasteiger partial charge on any atom is -0.392 e. The zero-order valence-electron chi connectivity index (χ0n) is 10.7. The number of halogens is 1. The summed E-state index contributed by atoms with van der Waals surface area (Å²) in [4.78, 5) is 25.8. The van der Waals surface area contributed by atoms with Crippen molar-refractivity contribution in [2.45, 2.75) is 6.54 Å². The Morgan fingerprint density at radius 1 is 1.33 bits per heavy atom. The maximum atomic E-state index is 13.7. The van der Waals surface area contributed by atoms with Crippen LogP contribution in [0.15, 0.2) is 36.7 Å². The van der Waals surface area contributed by atoms with Crippen molar-refractivity contribution < 1.29 is 14.1 Å². The molecule has 0 unspecified atom stereocenters. The molecule has 8 heteroatoms. The van der Waals surface area contributed by atoms with Crippen LogP contribution in [0.2, 0.25) is 0 Å². The Hall–Kier alpha value is -3.03.